The lowest BCUT2D eigenvalue weighted by Crippen LogP contribution is -2.23. The van der Waals surface area contributed by atoms with Gasteiger partial charge >= 0.3 is 5.69 Å². The van der Waals surface area contributed by atoms with Gasteiger partial charge in [-0.25, -0.2) is 0 Å². The van der Waals surface area contributed by atoms with Gasteiger partial charge in [0.05, 0.1) is 18.1 Å². The first kappa shape index (κ1) is 15.4. The fraction of sp³-hybridized carbons (Fsp3) is 0.500. The molecule has 0 saturated carbocycles. The van der Waals surface area contributed by atoms with Crippen molar-refractivity contribution in [1.29, 1.82) is 0 Å². The molecule has 0 saturated heterocycles. The van der Waals surface area contributed by atoms with Crippen LogP contribution in [-0.2, 0) is 11.3 Å². The zero-order chi connectivity index (χ0) is 14.3. The van der Waals surface area contributed by atoms with Gasteiger partial charge in [-0.15, -0.1) is 0 Å². The van der Waals surface area contributed by atoms with Crippen LogP contribution in [0.4, 0.5) is 5.69 Å². The number of hydrogen-bond donors (Lipinski definition) is 2. The maximum Gasteiger partial charge on any atom is 0.310 e. The van der Waals surface area contributed by atoms with Gasteiger partial charge in [-0.2, -0.15) is 0 Å². The number of aliphatic hydroxyl groups is 2. The van der Waals surface area contributed by atoms with Crippen LogP contribution in [0.3, 0.4) is 0 Å². The van der Waals surface area contributed by atoms with Crippen LogP contribution in [-0.4, -0.2) is 41.1 Å². The number of nitro benzene ring substituents is 1. The third-order valence-electron chi connectivity index (χ3n) is 2.35. The molecule has 1 aromatic rings. The van der Waals surface area contributed by atoms with Gasteiger partial charge in [0, 0.05) is 12.7 Å². The number of nitrogens with zero attached hydrogens (tertiary/aromatic N) is 1. The summed E-state index contributed by atoms with van der Waals surface area (Å²) < 4.78 is 10.2. The minimum absolute atomic E-state index is 0.0205. The molecule has 7 heteroatoms. The number of hydrogen-bond acceptors (Lipinski definition) is 6. The molecule has 0 amide bonds. The van der Waals surface area contributed by atoms with Crippen molar-refractivity contribution in [3.63, 3.8) is 0 Å². The molecule has 0 radical (unpaired) electrons. The Morgan fingerprint density at radius 2 is 2.16 bits per heavy atom. The second kappa shape index (κ2) is 7.67. The Kier molecular flexibility index (Phi) is 6.20. The molecule has 106 valence electrons. The minimum Gasteiger partial charge on any atom is -0.484 e. The zero-order valence-corrected chi connectivity index (χ0v) is 10.6. The summed E-state index contributed by atoms with van der Waals surface area (Å²) in [5.41, 5.74) is 0.292. The van der Waals surface area contributed by atoms with Crippen molar-refractivity contribution < 1.29 is 24.6 Å². The average molecular weight is 271 g/mol. The number of benzene rings is 1. The average Bonchev–Trinajstić information content (AvgIpc) is 2.42. The molecule has 0 aliphatic heterocycles. The van der Waals surface area contributed by atoms with E-state index in [4.69, 9.17) is 14.6 Å². The summed E-state index contributed by atoms with van der Waals surface area (Å²) in [4.78, 5) is 10.2. The SMILES string of the molecule is CCOCC(O)COc1cc(CO)ccc1[N+](=O)[O-]. The van der Waals surface area contributed by atoms with Crippen LogP contribution in [0.25, 0.3) is 0 Å². The van der Waals surface area contributed by atoms with E-state index >= 15 is 0 Å². The smallest absolute Gasteiger partial charge is 0.310 e. The van der Waals surface area contributed by atoms with Crippen LogP contribution < -0.4 is 4.74 Å². The molecule has 0 aromatic heterocycles. The lowest BCUT2D eigenvalue weighted by atomic mass is 10.2. The molecule has 1 aromatic carbocycles. The van der Waals surface area contributed by atoms with Gasteiger partial charge in [0.1, 0.15) is 12.7 Å². The van der Waals surface area contributed by atoms with E-state index in [1.165, 1.54) is 18.2 Å². The first-order chi connectivity index (χ1) is 9.08. The van der Waals surface area contributed by atoms with E-state index in [0.29, 0.717) is 12.2 Å². The number of rotatable bonds is 8. The largest absolute Gasteiger partial charge is 0.484 e. The van der Waals surface area contributed by atoms with Gasteiger partial charge in [0.2, 0.25) is 0 Å². The van der Waals surface area contributed by atoms with Crippen molar-refractivity contribution in [2.75, 3.05) is 19.8 Å². The van der Waals surface area contributed by atoms with Gasteiger partial charge in [-0.3, -0.25) is 10.1 Å². The highest BCUT2D eigenvalue weighted by molar-refractivity contribution is 5.48. The standard InChI is InChI=1S/C12H17NO6/c1-2-18-7-10(15)8-19-12-5-9(6-14)3-4-11(12)13(16)17/h3-5,10,14-15H,2,6-8H2,1H3. The maximum absolute atomic E-state index is 10.8. The number of nitro groups is 1. The predicted octanol–water partition coefficient (Wildman–Crippen LogP) is 0.863. The molecule has 1 atom stereocenters. The topological polar surface area (TPSA) is 102 Å². The zero-order valence-electron chi connectivity index (χ0n) is 10.6. The Morgan fingerprint density at radius 1 is 1.42 bits per heavy atom. The van der Waals surface area contributed by atoms with E-state index in [1.54, 1.807) is 6.92 Å². The Balaban J connectivity index is 2.72. The van der Waals surface area contributed by atoms with Crippen LogP contribution in [0, 0.1) is 10.1 Å². The number of aliphatic hydroxyl groups excluding tert-OH is 2. The van der Waals surface area contributed by atoms with Crippen LogP contribution in [0.2, 0.25) is 0 Å². The number of ether oxygens (including phenoxy) is 2. The third-order valence-corrected chi connectivity index (χ3v) is 2.35. The molecule has 1 unspecified atom stereocenters. The summed E-state index contributed by atoms with van der Waals surface area (Å²) in [6, 6.07) is 4.09. The van der Waals surface area contributed by atoms with Gasteiger partial charge in [0.15, 0.2) is 5.75 Å². The first-order valence-electron chi connectivity index (χ1n) is 5.85. The Morgan fingerprint density at radius 3 is 2.74 bits per heavy atom. The minimum atomic E-state index is -0.864. The van der Waals surface area contributed by atoms with Crippen molar-refractivity contribution in [1.82, 2.24) is 0 Å². The second-order valence-corrected chi connectivity index (χ2v) is 3.84. The van der Waals surface area contributed by atoms with Crippen molar-refractivity contribution >= 4 is 5.69 Å². The van der Waals surface area contributed by atoms with Crippen molar-refractivity contribution in [2.24, 2.45) is 0 Å². The van der Waals surface area contributed by atoms with E-state index in [-0.39, 0.29) is 31.3 Å². The van der Waals surface area contributed by atoms with Gasteiger partial charge in [-0.05, 0) is 24.6 Å². The molecule has 2 N–H and O–H groups in total. The summed E-state index contributed by atoms with van der Waals surface area (Å²) in [6.07, 6.45) is -0.864. The molecule has 0 fully saturated rings. The first-order valence-corrected chi connectivity index (χ1v) is 5.85. The van der Waals surface area contributed by atoms with Crippen molar-refractivity contribution in [3.05, 3.63) is 33.9 Å². The fourth-order valence-corrected chi connectivity index (χ4v) is 1.41. The predicted molar refractivity (Wildman–Crippen MR) is 67.0 cm³/mol. The summed E-state index contributed by atoms with van der Waals surface area (Å²) in [7, 11) is 0. The molecule has 7 nitrogen and oxygen atoms in total. The van der Waals surface area contributed by atoms with E-state index < -0.39 is 11.0 Å². The summed E-state index contributed by atoms with van der Waals surface area (Å²) in [5.74, 6) is 0.0205. The van der Waals surface area contributed by atoms with E-state index in [2.05, 4.69) is 0 Å². The third kappa shape index (κ3) is 4.82. The lowest BCUT2D eigenvalue weighted by molar-refractivity contribution is -0.386. The molecular formula is C12H17NO6. The lowest BCUT2D eigenvalue weighted by Gasteiger charge is -2.12. The normalized spacial score (nSPS) is 12.2. The second-order valence-electron chi connectivity index (χ2n) is 3.84. The Labute approximate surface area is 110 Å². The molecule has 0 bridgehead atoms. The summed E-state index contributed by atoms with van der Waals surface area (Å²) in [6.45, 7) is 2.01. The molecule has 0 aliphatic carbocycles. The molecule has 19 heavy (non-hydrogen) atoms. The summed E-state index contributed by atoms with van der Waals surface area (Å²) in [5, 5.41) is 29.3. The van der Waals surface area contributed by atoms with Crippen LogP contribution in [0.15, 0.2) is 18.2 Å². The van der Waals surface area contributed by atoms with Crippen LogP contribution in [0.5, 0.6) is 5.75 Å². The van der Waals surface area contributed by atoms with Crippen molar-refractivity contribution in [3.8, 4) is 5.75 Å². The van der Waals surface area contributed by atoms with Crippen molar-refractivity contribution in [2.45, 2.75) is 19.6 Å². The van der Waals surface area contributed by atoms with E-state index in [1.807, 2.05) is 0 Å². The molecular weight excluding hydrogens is 254 g/mol. The molecule has 0 spiro atoms. The Hall–Kier alpha value is -1.70. The van der Waals surface area contributed by atoms with E-state index in [0.717, 1.165) is 0 Å². The fourth-order valence-electron chi connectivity index (χ4n) is 1.41. The molecule has 0 heterocycles. The molecule has 1 rings (SSSR count). The van der Waals surface area contributed by atoms with Gasteiger partial charge in [0.25, 0.3) is 0 Å². The van der Waals surface area contributed by atoms with E-state index in [9.17, 15) is 15.2 Å². The highest BCUT2D eigenvalue weighted by Gasteiger charge is 2.17. The Bertz CT molecular complexity index is 423. The van der Waals surface area contributed by atoms with Crippen LogP contribution in [0.1, 0.15) is 12.5 Å². The van der Waals surface area contributed by atoms with Gasteiger partial charge in [-0.1, -0.05) is 0 Å². The monoisotopic (exact) mass is 271 g/mol. The highest BCUT2D eigenvalue weighted by Crippen LogP contribution is 2.28. The van der Waals surface area contributed by atoms with Gasteiger partial charge < -0.3 is 19.7 Å². The van der Waals surface area contributed by atoms with Crippen LogP contribution >= 0.6 is 0 Å². The maximum atomic E-state index is 10.8. The molecule has 0 aliphatic rings. The quantitative estimate of drug-likeness (QED) is 0.537. The highest BCUT2D eigenvalue weighted by atomic mass is 16.6. The summed E-state index contributed by atoms with van der Waals surface area (Å²) >= 11 is 0.